The van der Waals surface area contributed by atoms with Crippen molar-refractivity contribution in [3.63, 3.8) is 0 Å². The van der Waals surface area contributed by atoms with E-state index in [-0.39, 0.29) is 23.1 Å². The first-order valence-corrected chi connectivity index (χ1v) is 11.1. The zero-order valence-corrected chi connectivity index (χ0v) is 18.5. The predicted octanol–water partition coefficient (Wildman–Crippen LogP) is 5.29. The van der Waals surface area contributed by atoms with Gasteiger partial charge in [0, 0.05) is 31.4 Å². The van der Waals surface area contributed by atoms with Gasteiger partial charge in [-0.15, -0.1) is 10.2 Å². The van der Waals surface area contributed by atoms with Gasteiger partial charge in [-0.3, -0.25) is 9.88 Å². The first-order valence-electron chi connectivity index (χ1n) is 11.6. The van der Waals surface area contributed by atoms with Gasteiger partial charge in [-0.2, -0.15) is 13.2 Å². The fraction of sp³-hybridized carbons (Fsp3) is 0.400. The van der Waals surface area contributed by atoms with Crippen LogP contribution in [0.2, 0.25) is 0 Å². The molecule has 0 bridgehead atoms. The molecule has 1 aliphatic heterocycles. The summed E-state index contributed by atoms with van der Waals surface area (Å²) >= 11 is 0. The number of benzene rings is 1. The Labute approximate surface area is 196 Å². The van der Waals surface area contributed by atoms with E-state index in [9.17, 15) is 17.6 Å². The molecular formula is C25H24F4N4O. The SMILES string of the molecule is [2H]C1(Oc2nnc(-c3cc(F)ccc3C)cc2C(F)(F)F)C[C@H]2CN(Cc3ccccn3)C[C@H]2C1. The first-order chi connectivity index (χ1) is 16.6. The van der Waals surface area contributed by atoms with Crippen LogP contribution in [0.5, 0.6) is 5.88 Å². The van der Waals surface area contributed by atoms with Crippen LogP contribution in [-0.2, 0) is 12.7 Å². The maximum absolute atomic E-state index is 13.9. The summed E-state index contributed by atoms with van der Waals surface area (Å²) in [7, 11) is 0. The topological polar surface area (TPSA) is 51.1 Å². The maximum atomic E-state index is 13.9. The van der Waals surface area contributed by atoms with E-state index in [1.54, 1.807) is 13.1 Å². The molecule has 1 aliphatic carbocycles. The number of likely N-dealkylation sites (tertiary alicyclic amines) is 1. The van der Waals surface area contributed by atoms with Gasteiger partial charge in [-0.05, 0) is 67.5 Å². The number of alkyl halides is 3. The quantitative estimate of drug-likeness (QED) is 0.471. The van der Waals surface area contributed by atoms with Crippen LogP contribution in [0.25, 0.3) is 11.3 Å². The summed E-state index contributed by atoms with van der Waals surface area (Å²) in [6.45, 7) is 3.83. The summed E-state index contributed by atoms with van der Waals surface area (Å²) in [6.07, 6.45) is -3.93. The first kappa shape index (κ1) is 21.5. The number of aromatic nitrogens is 3. The molecule has 1 saturated heterocycles. The molecule has 5 rings (SSSR count). The third-order valence-corrected chi connectivity index (χ3v) is 6.53. The van der Waals surface area contributed by atoms with E-state index < -0.39 is 29.5 Å². The number of rotatable bonds is 5. The largest absolute Gasteiger partial charge is 0.473 e. The molecule has 2 aromatic heterocycles. The van der Waals surface area contributed by atoms with E-state index in [1.807, 2.05) is 18.2 Å². The average molecular weight is 473 g/mol. The molecule has 9 heteroatoms. The highest BCUT2D eigenvalue weighted by atomic mass is 19.4. The van der Waals surface area contributed by atoms with Crippen LogP contribution in [-0.4, -0.2) is 39.3 Å². The molecule has 0 amide bonds. The normalized spacial score (nSPS) is 25.3. The summed E-state index contributed by atoms with van der Waals surface area (Å²) in [5.74, 6) is -1.00. The van der Waals surface area contributed by atoms with E-state index in [0.717, 1.165) is 30.9 Å². The lowest BCUT2D eigenvalue weighted by atomic mass is 10.0. The van der Waals surface area contributed by atoms with Crippen molar-refractivity contribution < 1.29 is 23.7 Å². The van der Waals surface area contributed by atoms with Crippen LogP contribution in [0.3, 0.4) is 0 Å². The highest BCUT2D eigenvalue weighted by Crippen LogP contribution is 2.42. The molecule has 2 fully saturated rings. The second-order valence-electron chi connectivity index (χ2n) is 8.99. The maximum Gasteiger partial charge on any atom is 0.421 e. The van der Waals surface area contributed by atoms with Crippen molar-refractivity contribution in [1.82, 2.24) is 20.1 Å². The van der Waals surface area contributed by atoms with E-state index >= 15 is 0 Å². The van der Waals surface area contributed by atoms with Crippen molar-refractivity contribution >= 4 is 0 Å². The van der Waals surface area contributed by atoms with E-state index in [1.165, 1.54) is 12.1 Å². The summed E-state index contributed by atoms with van der Waals surface area (Å²) in [6, 6.07) is 10.4. The second kappa shape index (κ2) is 8.94. The Bertz CT molecular complexity index is 1210. The number of ether oxygens (including phenoxy) is 1. The Kier molecular flexibility index (Phi) is 5.64. The van der Waals surface area contributed by atoms with Gasteiger partial charge < -0.3 is 4.74 Å². The third kappa shape index (κ3) is 4.75. The highest BCUT2D eigenvalue weighted by molar-refractivity contribution is 5.64. The van der Waals surface area contributed by atoms with Gasteiger partial charge in [0.2, 0.25) is 5.88 Å². The molecule has 0 spiro atoms. The molecule has 1 saturated carbocycles. The summed E-state index contributed by atoms with van der Waals surface area (Å²) in [5.41, 5.74) is 0.525. The lowest BCUT2D eigenvalue weighted by molar-refractivity contribution is -0.139. The molecule has 0 radical (unpaired) electrons. The van der Waals surface area contributed by atoms with Gasteiger partial charge in [0.15, 0.2) is 0 Å². The smallest absolute Gasteiger partial charge is 0.421 e. The molecular weight excluding hydrogens is 448 g/mol. The third-order valence-electron chi connectivity index (χ3n) is 6.53. The second-order valence-corrected chi connectivity index (χ2v) is 8.99. The van der Waals surface area contributed by atoms with Crippen LogP contribution in [0.15, 0.2) is 48.7 Å². The molecule has 3 heterocycles. The Morgan fingerprint density at radius 2 is 1.85 bits per heavy atom. The van der Waals surface area contributed by atoms with Gasteiger partial charge in [-0.1, -0.05) is 12.1 Å². The Morgan fingerprint density at radius 1 is 1.09 bits per heavy atom. The fourth-order valence-corrected chi connectivity index (χ4v) is 4.90. The lowest BCUT2D eigenvalue weighted by Crippen LogP contribution is -2.25. The van der Waals surface area contributed by atoms with Crippen molar-refractivity contribution in [2.75, 3.05) is 13.1 Å². The molecule has 3 aromatic rings. The van der Waals surface area contributed by atoms with Crippen molar-refractivity contribution in [2.24, 2.45) is 11.8 Å². The van der Waals surface area contributed by atoms with Crippen LogP contribution >= 0.6 is 0 Å². The van der Waals surface area contributed by atoms with Crippen LogP contribution in [0, 0.1) is 24.6 Å². The minimum absolute atomic E-state index is 0.103. The van der Waals surface area contributed by atoms with E-state index in [0.29, 0.717) is 24.9 Å². The van der Waals surface area contributed by atoms with Gasteiger partial charge in [0.25, 0.3) is 0 Å². The standard InChI is InChI=1S/C25H24F4N4O/c1-15-5-6-18(26)10-21(15)23-11-22(25(27,28)29)24(32-31-23)34-20-8-16-12-33(13-17(16)9-20)14-19-4-2-3-7-30-19/h2-7,10-11,16-17,20H,8-9,12-14H2,1H3/t16-,17+,20?/i20D. The number of nitrogens with zero attached hydrogens (tertiary/aromatic N) is 4. The molecule has 1 aromatic carbocycles. The minimum Gasteiger partial charge on any atom is -0.473 e. The molecule has 5 nitrogen and oxygen atoms in total. The Balaban J connectivity index is 1.33. The minimum atomic E-state index is -4.77. The van der Waals surface area contributed by atoms with Crippen LogP contribution in [0.1, 0.15) is 31.0 Å². The van der Waals surface area contributed by atoms with E-state index in [4.69, 9.17) is 6.11 Å². The highest BCUT2D eigenvalue weighted by Gasteiger charge is 2.43. The van der Waals surface area contributed by atoms with Crippen LogP contribution in [0.4, 0.5) is 17.6 Å². The van der Waals surface area contributed by atoms with Crippen molar-refractivity contribution in [3.8, 4) is 17.1 Å². The van der Waals surface area contributed by atoms with E-state index in [2.05, 4.69) is 20.1 Å². The van der Waals surface area contributed by atoms with Gasteiger partial charge >= 0.3 is 6.18 Å². The number of hydrogen-bond donors (Lipinski definition) is 0. The molecule has 2 aliphatic rings. The van der Waals surface area contributed by atoms with Gasteiger partial charge in [0.1, 0.15) is 17.5 Å². The molecule has 1 unspecified atom stereocenters. The molecule has 0 N–H and O–H groups in total. The number of fused-ring (bicyclic) bond motifs is 1. The molecule has 3 atom stereocenters. The fourth-order valence-electron chi connectivity index (χ4n) is 4.90. The molecule has 178 valence electrons. The van der Waals surface area contributed by atoms with Crippen LogP contribution < -0.4 is 4.74 Å². The monoisotopic (exact) mass is 473 g/mol. The summed E-state index contributed by atoms with van der Waals surface area (Å²) in [5, 5.41) is 7.60. The number of halogens is 4. The zero-order chi connectivity index (χ0) is 24.8. The van der Waals surface area contributed by atoms with Crippen molar-refractivity contribution in [1.29, 1.82) is 0 Å². The Morgan fingerprint density at radius 3 is 2.53 bits per heavy atom. The predicted molar refractivity (Wildman–Crippen MR) is 117 cm³/mol. The zero-order valence-electron chi connectivity index (χ0n) is 19.5. The van der Waals surface area contributed by atoms with Crippen molar-refractivity contribution in [3.05, 3.63) is 71.3 Å². The number of hydrogen-bond acceptors (Lipinski definition) is 5. The average Bonchev–Trinajstić information content (AvgIpc) is 3.29. The van der Waals surface area contributed by atoms with Gasteiger partial charge in [0.05, 0.1) is 12.8 Å². The van der Waals surface area contributed by atoms with Crippen molar-refractivity contribution in [2.45, 2.75) is 38.6 Å². The summed E-state index contributed by atoms with van der Waals surface area (Å²) < 4.78 is 69.8. The number of pyridine rings is 1. The lowest BCUT2D eigenvalue weighted by Gasteiger charge is -2.20. The number of aryl methyl sites for hydroxylation is 1. The molecule has 34 heavy (non-hydrogen) atoms. The summed E-state index contributed by atoms with van der Waals surface area (Å²) in [4.78, 5) is 6.60. The Hall–Kier alpha value is -3.07. The van der Waals surface area contributed by atoms with Gasteiger partial charge in [-0.25, -0.2) is 4.39 Å².